The number of nitrogens with two attached hydrogens (primary N) is 1. The van der Waals surface area contributed by atoms with Gasteiger partial charge in [0.15, 0.2) is 0 Å². The van der Waals surface area contributed by atoms with Crippen molar-refractivity contribution in [3.63, 3.8) is 0 Å². The summed E-state index contributed by atoms with van der Waals surface area (Å²) >= 11 is 3.58. The van der Waals surface area contributed by atoms with E-state index in [1.54, 1.807) is 0 Å². The molecule has 1 heterocycles. The Morgan fingerprint density at radius 2 is 1.89 bits per heavy atom. The molecular weight excluding hydrogens is 288 g/mol. The van der Waals surface area contributed by atoms with Gasteiger partial charge in [0.2, 0.25) is 0 Å². The van der Waals surface area contributed by atoms with E-state index in [4.69, 9.17) is 5.73 Å². The lowest BCUT2D eigenvalue weighted by Crippen LogP contribution is -1.98. The van der Waals surface area contributed by atoms with Gasteiger partial charge in [-0.25, -0.2) is 0 Å². The van der Waals surface area contributed by atoms with Crippen LogP contribution in [0.3, 0.4) is 0 Å². The molecule has 3 aromatic rings. The van der Waals surface area contributed by atoms with Gasteiger partial charge in [-0.15, -0.1) is 0 Å². The first-order chi connectivity index (χ1) is 8.74. The lowest BCUT2D eigenvalue weighted by Gasteiger charge is -2.08. The van der Waals surface area contributed by atoms with Crippen LogP contribution in [-0.4, -0.2) is 4.57 Å². The van der Waals surface area contributed by atoms with E-state index in [1.165, 1.54) is 16.5 Å². The molecule has 0 fully saturated rings. The quantitative estimate of drug-likeness (QED) is 0.712. The molecule has 0 saturated carbocycles. The normalized spacial score (nSPS) is 10.9. The minimum absolute atomic E-state index is 0.801. The van der Waals surface area contributed by atoms with Gasteiger partial charge in [0.1, 0.15) is 0 Å². The second-order valence-electron chi connectivity index (χ2n) is 4.35. The molecule has 1 aromatic heterocycles. The van der Waals surface area contributed by atoms with Crippen LogP contribution in [-0.2, 0) is 6.54 Å². The summed E-state index contributed by atoms with van der Waals surface area (Å²) < 4.78 is 3.35. The molecule has 2 N–H and O–H groups in total. The molecule has 3 heteroatoms. The number of fused-ring (bicyclic) bond motifs is 1. The zero-order valence-corrected chi connectivity index (χ0v) is 11.4. The van der Waals surface area contributed by atoms with Crippen LogP contribution >= 0.6 is 15.9 Å². The van der Waals surface area contributed by atoms with Crippen molar-refractivity contribution in [3.8, 4) is 0 Å². The van der Waals surface area contributed by atoms with Crippen LogP contribution in [0, 0.1) is 0 Å². The van der Waals surface area contributed by atoms with E-state index in [1.807, 2.05) is 18.2 Å². The topological polar surface area (TPSA) is 30.9 Å². The standard InChI is InChI=1S/C15H13BrN2/c16-14-4-2-1-3-12(14)10-18-8-7-11-5-6-13(17)9-15(11)18/h1-9H,10,17H2. The van der Waals surface area contributed by atoms with Crippen molar-refractivity contribution in [3.05, 3.63) is 64.8 Å². The highest BCUT2D eigenvalue weighted by atomic mass is 79.9. The Bertz CT molecular complexity index is 701. The van der Waals surface area contributed by atoms with Crippen LogP contribution in [0.25, 0.3) is 10.9 Å². The Hall–Kier alpha value is -1.74. The van der Waals surface area contributed by atoms with Gasteiger partial charge >= 0.3 is 0 Å². The first-order valence-electron chi connectivity index (χ1n) is 5.82. The Morgan fingerprint density at radius 3 is 2.72 bits per heavy atom. The predicted octanol–water partition coefficient (Wildman–Crippen LogP) is 4.03. The average Bonchev–Trinajstić information content (AvgIpc) is 2.75. The molecule has 0 aliphatic rings. The first kappa shape index (κ1) is 11.4. The third-order valence-electron chi connectivity index (χ3n) is 3.10. The third kappa shape index (κ3) is 2.02. The zero-order chi connectivity index (χ0) is 12.5. The SMILES string of the molecule is Nc1ccc2ccn(Cc3ccccc3Br)c2c1. The molecule has 0 spiro atoms. The molecular formula is C15H13BrN2. The van der Waals surface area contributed by atoms with Gasteiger partial charge in [-0.05, 0) is 35.2 Å². The molecule has 0 saturated heterocycles. The average molecular weight is 301 g/mol. The molecule has 90 valence electrons. The third-order valence-corrected chi connectivity index (χ3v) is 3.87. The van der Waals surface area contributed by atoms with Gasteiger partial charge in [-0.3, -0.25) is 0 Å². The summed E-state index contributed by atoms with van der Waals surface area (Å²) in [5, 5.41) is 1.22. The van der Waals surface area contributed by atoms with Crippen molar-refractivity contribution in [1.29, 1.82) is 0 Å². The summed E-state index contributed by atoms with van der Waals surface area (Å²) in [5.41, 5.74) is 9.09. The van der Waals surface area contributed by atoms with E-state index in [0.717, 1.165) is 16.7 Å². The lowest BCUT2D eigenvalue weighted by molar-refractivity contribution is 0.833. The van der Waals surface area contributed by atoms with Gasteiger partial charge in [0.05, 0.1) is 5.52 Å². The summed E-state index contributed by atoms with van der Waals surface area (Å²) in [5.74, 6) is 0. The summed E-state index contributed by atoms with van der Waals surface area (Å²) in [7, 11) is 0. The molecule has 0 unspecified atom stereocenters. The predicted molar refractivity (Wildman–Crippen MR) is 79.6 cm³/mol. The number of hydrogen-bond acceptors (Lipinski definition) is 1. The molecule has 3 rings (SSSR count). The summed E-state index contributed by atoms with van der Waals surface area (Å²) in [6.45, 7) is 0.842. The zero-order valence-electron chi connectivity index (χ0n) is 9.81. The van der Waals surface area contributed by atoms with Gasteiger partial charge in [0.25, 0.3) is 0 Å². The van der Waals surface area contributed by atoms with Crippen molar-refractivity contribution in [2.45, 2.75) is 6.54 Å². The van der Waals surface area contributed by atoms with Crippen molar-refractivity contribution in [2.24, 2.45) is 0 Å². The highest BCUT2D eigenvalue weighted by molar-refractivity contribution is 9.10. The fourth-order valence-electron chi connectivity index (χ4n) is 2.15. The second-order valence-corrected chi connectivity index (χ2v) is 5.21. The molecule has 0 bridgehead atoms. The Labute approximate surface area is 114 Å². The van der Waals surface area contributed by atoms with E-state index < -0.39 is 0 Å². The summed E-state index contributed by atoms with van der Waals surface area (Å²) in [6, 6.07) is 16.4. The smallest absolute Gasteiger partial charge is 0.0504 e. The van der Waals surface area contributed by atoms with Crippen LogP contribution in [0.1, 0.15) is 5.56 Å². The summed E-state index contributed by atoms with van der Waals surface area (Å²) in [6.07, 6.45) is 2.10. The van der Waals surface area contributed by atoms with Crippen LogP contribution in [0.4, 0.5) is 5.69 Å². The van der Waals surface area contributed by atoms with E-state index in [0.29, 0.717) is 0 Å². The molecule has 0 amide bonds. The molecule has 0 radical (unpaired) electrons. The number of nitrogen functional groups attached to an aromatic ring is 1. The largest absolute Gasteiger partial charge is 0.399 e. The van der Waals surface area contributed by atoms with Crippen molar-refractivity contribution >= 4 is 32.5 Å². The maximum atomic E-state index is 5.85. The lowest BCUT2D eigenvalue weighted by atomic mass is 10.2. The number of hydrogen-bond donors (Lipinski definition) is 1. The highest BCUT2D eigenvalue weighted by Gasteiger charge is 2.04. The molecule has 18 heavy (non-hydrogen) atoms. The Kier molecular flexibility index (Phi) is 2.84. The number of halogens is 1. The van der Waals surface area contributed by atoms with Crippen LogP contribution in [0.15, 0.2) is 59.2 Å². The minimum Gasteiger partial charge on any atom is -0.399 e. The Balaban J connectivity index is 2.05. The number of rotatable bonds is 2. The van der Waals surface area contributed by atoms with Crippen molar-refractivity contribution in [2.75, 3.05) is 5.73 Å². The first-order valence-corrected chi connectivity index (χ1v) is 6.61. The van der Waals surface area contributed by atoms with Crippen LogP contribution in [0.2, 0.25) is 0 Å². The fraction of sp³-hybridized carbons (Fsp3) is 0.0667. The van der Waals surface area contributed by atoms with Gasteiger partial charge in [0, 0.05) is 22.9 Å². The maximum Gasteiger partial charge on any atom is 0.0504 e. The molecule has 0 aliphatic heterocycles. The number of aromatic nitrogens is 1. The van der Waals surface area contributed by atoms with Crippen LogP contribution < -0.4 is 5.73 Å². The maximum absolute atomic E-state index is 5.85. The van der Waals surface area contributed by atoms with E-state index in [9.17, 15) is 0 Å². The molecule has 0 aliphatic carbocycles. The summed E-state index contributed by atoms with van der Waals surface area (Å²) in [4.78, 5) is 0. The van der Waals surface area contributed by atoms with Crippen molar-refractivity contribution < 1.29 is 0 Å². The van der Waals surface area contributed by atoms with E-state index >= 15 is 0 Å². The number of nitrogens with zero attached hydrogens (tertiary/aromatic N) is 1. The fourth-order valence-corrected chi connectivity index (χ4v) is 2.56. The highest BCUT2D eigenvalue weighted by Crippen LogP contribution is 2.22. The van der Waals surface area contributed by atoms with E-state index in [-0.39, 0.29) is 0 Å². The molecule has 2 aromatic carbocycles. The van der Waals surface area contributed by atoms with Crippen molar-refractivity contribution in [1.82, 2.24) is 4.57 Å². The second kappa shape index (κ2) is 4.50. The van der Waals surface area contributed by atoms with Gasteiger partial charge in [-0.1, -0.05) is 40.2 Å². The van der Waals surface area contributed by atoms with Crippen LogP contribution in [0.5, 0.6) is 0 Å². The Morgan fingerprint density at radius 1 is 1.06 bits per heavy atom. The molecule has 2 nitrogen and oxygen atoms in total. The van der Waals surface area contributed by atoms with E-state index in [2.05, 4.69) is 57.0 Å². The number of benzene rings is 2. The molecule has 0 atom stereocenters. The number of anilines is 1. The monoisotopic (exact) mass is 300 g/mol. The minimum atomic E-state index is 0.801. The van der Waals surface area contributed by atoms with Gasteiger partial charge in [-0.2, -0.15) is 0 Å². The van der Waals surface area contributed by atoms with Gasteiger partial charge < -0.3 is 10.3 Å².